The molecule has 0 saturated carbocycles. The number of aryl methyl sites for hydroxylation is 1. The number of sulfonamides is 1. The molecule has 0 aromatic heterocycles. The molecule has 0 unspecified atom stereocenters. The van der Waals surface area contributed by atoms with E-state index in [9.17, 15) is 8.42 Å². The third kappa shape index (κ3) is 6.21. The fourth-order valence-electron chi connectivity index (χ4n) is 1.30. The van der Waals surface area contributed by atoms with Crippen molar-refractivity contribution in [3.05, 3.63) is 29.8 Å². The van der Waals surface area contributed by atoms with E-state index in [1.165, 1.54) is 0 Å². The molecule has 0 spiro atoms. The van der Waals surface area contributed by atoms with Gasteiger partial charge in [0.1, 0.15) is 0 Å². The summed E-state index contributed by atoms with van der Waals surface area (Å²) in [5.41, 5.74) is 7.70. The van der Waals surface area contributed by atoms with E-state index in [4.69, 9.17) is 5.73 Å². The number of nitrogens with one attached hydrogen (secondary N) is 2. The Hall–Kier alpha value is -1.60. The number of hydrogen-bond donors (Lipinski definition) is 3. The summed E-state index contributed by atoms with van der Waals surface area (Å²) in [6.07, 6.45) is 0. The summed E-state index contributed by atoms with van der Waals surface area (Å²) < 4.78 is 24.7. The fraction of sp³-hybridized carbons (Fsp3) is 0.417. The summed E-state index contributed by atoms with van der Waals surface area (Å²) in [7, 11) is -3.16. The number of anilines is 1. The second kappa shape index (κ2) is 7.10. The van der Waals surface area contributed by atoms with E-state index in [1.807, 2.05) is 31.2 Å². The molecular weight excluding hydrogens is 264 g/mol. The fourth-order valence-corrected chi connectivity index (χ4v) is 1.91. The van der Waals surface area contributed by atoms with Gasteiger partial charge in [0.15, 0.2) is 5.96 Å². The van der Waals surface area contributed by atoms with Gasteiger partial charge >= 0.3 is 0 Å². The lowest BCUT2D eigenvalue weighted by molar-refractivity contribution is 0.583. The first-order chi connectivity index (χ1) is 8.93. The van der Waals surface area contributed by atoms with Gasteiger partial charge in [-0.2, -0.15) is 0 Å². The molecule has 0 saturated heterocycles. The molecule has 0 aliphatic heterocycles. The van der Waals surface area contributed by atoms with Crippen molar-refractivity contribution in [2.45, 2.75) is 13.8 Å². The van der Waals surface area contributed by atoms with E-state index in [-0.39, 0.29) is 18.3 Å². The first-order valence-electron chi connectivity index (χ1n) is 6.04. The molecule has 0 fully saturated rings. The van der Waals surface area contributed by atoms with Crippen LogP contribution < -0.4 is 15.8 Å². The SMILES string of the molecule is CCS(=O)(=O)NCCN=C(N)Nc1ccc(C)cc1. The maximum absolute atomic E-state index is 11.2. The number of aliphatic imine (C=N–C) groups is 1. The van der Waals surface area contributed by atoms with Crippen LogP contribution in [0.5, 0.6) is 0 Å². The predicted molar refractivity (Wildman–Crippen MR) is 78.8 cm³/mol. The Morgan fingerprint density at radius 2 is 1.95 bits per heavy atom. The Morgan fingerprint density at radius 1 is 1.32 bits per heavy atom. The Balaban J connectivity index is 2.39. The minimum absolute atomic E-state index is 0.0633. The predicted octanol–water partition coefficient (Wildman–Crippen LogP) is 0.661. The minimum Gasteiger partial charge on any atom is -0.370 e. The molecular formula is C12H20N4O2S. The van der Waals surface area contributed by atoms with E-state index >= 15 is 0 Å². The molecule has 1 rings (SSSR count). The third-order valence-corrected chi connectivity index (χ3v) is 3.82. The van der Waals surface area contributed by atoms with Gasteiger partial charge in [0.25, 0.3) is 0 Å². The molecule has 0 amide bonds. The highest BCUT2D eigenvalue weighted by molar-refractivity contribution is 7.89. The van der Waals surface area contributed by atoms with Crippen LogP contribution in [-0.2, 0) is 10.0 Å². The molecule has 0 bridgehead atoms. The summed E-state index contributed by atoms with van der Waals surface area (Å²) in [4.78, 5) is 4.04. The number of benzene rings is 1. The number of rotatable bonds is 6. The molecule has 0 heterocycles. The highest BCUT2D eigenvalue weighted by Gasteiger charge is 2.03. The molecule has 0 atom stereocenters. The van der Waals surface area contributed by atoms with E-state index in [1.54, 1.807) is 6.92 Å². The standard InChI is InChI=1S/C12H20N4O2S/c1-3-19(17,18)15-9-8-14-12(13)16-11-6-4-10(2)5-7-11/h4-7,15H,3,8-9H2,1-2H3,(H3,13,14,16). The van der Waals surface area contributed by atoms with Crippen LogP contribution in [0.1, 0.15) is 12.5 Å². The van der Waals surface area contributed by atoms with Crippen molar-refractivity contribution in [1.82, 2.24) is 4.72 Å². The molecule has 0 aliphatic rings. The normalized spacial score (nSPS) is 12.4. The molecule has 106 valence electrons. The summed E-state index contributed by atoms with van der Waals surface area (Å²) in [5, 5.41) is 2.93. The van der Waals surface area contributed by atoms with Crippen LogP contribution >= 0.6 is 0 Å². The van der Waals surface area contributed by atoms with E-state index in [0.29, 0.717) is 6.54 Å². The molecule has 19 heavy (non-hydrogen) atoms. The van der Waals surface area contributed by atoms with Crippen molar-refractivity contribution in [1.29, 1.82) is 0 Å². The van der Waals surface area contributed by atoms with Crippen molar-refractivity contribution >= 4 is 21.7 Å². The van der Waals surface area contributed by atoms with Crippen molar-refractivity contribution in [2.24, 2.45) is 10.7 Å². The number of nitrogens with zero attached hydrogens (tertiary/aromatic N) is 1. The maximum atomic E-state index is 11.2. The zero-order valence-corrected chi connectivity index (χ0v) is 12.0. The Morgan fingerprint density at radius 3 is 2.53 bits per heavy atom. The van der Waals surface area contributed by atoms with Crippen molar-refractivity contribution in [2.75, 3.05) is 24.2 Å². The number of hydrogen-bond acceptors (Lipinski definition) is 3. The Kier molecular flexibility index (Phi) is 5.78. The molecule has 1 aromatic carbocycles. The Labute approximate surface area is 114 Å². The van der Waals surface area contributed by atoms with Crippen LogP contribution in [0.3, 0.4) is 0 Å². The maximum Gasteiger partial charge on any atom is 0.211 e. The lowest BCUT2D eigenvalue weighted by Crippen LogP contribution is -2.29. The molecule has 1 aromatic rings. The quantitative estimate of drug-likeness (QED) is 0.406. The van der Waals surface area contributed by atoms with Crippen LogP contribution in [0, 0.1) is 6.92 Å². The first kappa shape index (κ1) is 15.5. The zero-order valence-electron chi connectivity index (χ0n) is 11.2. The van der Waals surface area contributed by atoms with Crippen molar-refractivity contribution in [3.8, 4) is 0 Å². The lowest BCUT2D eigenvalue weighted by Gasteiger charge is -2.06. The highest BCUT2D eigenvalue weighted by atomic mass is 32.2. The van der Waals surface area contributed by atoms with Gasteiger partial charge in [0.05, 0.1) is 12.3 Å². The second-order valence-corrected chi connectivity index (χ2v) is 6.15. The topological polar surface area (TPSA) is 96.6 Å². The van der Waals surface area contributed by atoms with Crippen LogP contribution in [0.2, 0.25) is 0 Å². The smallest absolute Gasteiger partial charge is 0.211 e. The number of guanidine groups is 1. The van der Waals surface area contributed by atoms with Gasteiger partial charge in [0.2, 0.25) is 10.0 Å². The van der Waals surface area contributed by atoms with Gasteiger partial charge in [-0.05, 0) is 26.0 Å². The average Bonchev–Trinajstić information content (AvgIpc) is 2.38. The van der Waals surface area contributed by atoms with Gasteiger partial charge in [-0.15, -0.1) is 0 Å². The monoisotopic (exact) mass is 284 g/mol. The average molecular weight is 284 g/mol. The van der Waals surface area contributed by atoms with E-state index in [0.717, 1.165) is 11.3 Å². The molecule has 6 nitrogen and oxygen atoms in total. The third-order valence-electron chi connectivity index (χ3n) is 2.42. The summed E-state index contributed by atoms with van der Waals surface area (Å²) >= 11 is 0. The Bertz CT molecular complexity index is 523. The second-order valence-electron chi connectivity index (χ2n) is 4.06. The summed E-state index contributed by atoms with van der Waals surface area (Å²) in [5.74, 6) is 0.327. The van der Waals surface area contributed by atoms with Crippen LogP contribution in [0.4, 0.5) is 5.69 Å². The van der Waals surface area contributed by atoms with Gasteiger partial charge in [0, 0.05) is 12.2 Å². The first-order valence-corrected chi connectivity index (χ1v) is 7.69. The molecule has 0 aliphatic carbocycles. The van der Waals surface area contributed by atoms with Gasteiger partial charge in [-0.25, -0.2) is 13.1 Å². The molecule has 4 N–H and O–H groups in total. The van der Waals surface area contributed by atoms with Gasteiger partial charge in [-0.1, -0.05) is 17.7 Å². The van der Waals surface area contributed by atoms with E-state index < -0.39 is 10.0 Å². The molecule has 7 heteroatoms. The summed E-state index contributed by atoms with van der Waals surface area (Å²) in [6.45, 7) is 4.12. The number of nitrogens with two attached hydrogens (primary N) is 1. The summed E-state index contributed by atoms with van der Waals surface area (Å²) in [6, 6.07) is 7.73. The minimum atomic E-state index is -3.16. The van der Waals surface area contributed by atoms with Crippen LogP contribution in [0.25, 0.3) is 0 Å². The lowest BCUT2D eigenvalue weighted by atomic mass is 10.2. The highest BCUT2D eigenvalue weighted by Crippen LogP contribution is 2.07. The van der Waals surface area contributed by atoms with Crippen LogP contribution in [0.15, 0.2) is 29.3 Å². The molecule has 0 radical (unpaired) electrons. The van der Waals surface area contributed by atoms with Crippen molar-refractivity contribution in [3.63, 3.8) is 0 Å². The van der Waals surface area contributed by atoms with Crippen molar-refractivity contribution < 1.29 is 8.42 Å². The largest absolute Gasteiger partial charge is 0.370 e. The van der Waals surface area contributed by atoms with Crippen LogP contribution in [-0.4, -0.2) is 33.2 Å². The van der Waals surface area contributed by atoms with E-state index in [2.05, 4.69) is 15.0 Å². The zero-order chi connectivity index (χ0) is 14.3. The van der Waals surface area contributed by atoms with Gasteiger partial charge in [-0.3, -0.25) is 4.99 Å². The van der Waals surface area contributed by atoms with Gasteiger partial charge < -0.3 is 11.1 Å².